The maximum atomic E-state index is 13.8. The molecule has 0 aliphatic carbocycles. The fourth-order valence-electron chi connectivity index (χ4n) is 4.62. The fourth-order valence-corrected chi connectivity index (χ4v) is 4.62. The predicted octanol–water partition coefficient (Wildman–Crippen LogP) is 4.93. The van der Waals surface area contributed by atoms with Crippen molar-refractivity contribution in [3.63, 3.8) is 0 Å². The molecule has 0 spiro atoms. The number of methoxy groups -OCH3 is 1. The first-order chi connectivity index (χ1) is 14.3. The maximum absolute atomic E-state index is 13.8. The Bertz CT molecular complexity index is 903. The normalized spacial score (nSPS) is 26.3. The quantitative estimate of drug-likeness (QED) is 0.760. The zero-order valence-corrected chi connectivity index (χ0v) is 17.4. The van der Waals surface area contributed by atoms with Crippen LogP contribution in [0.4, 0.5) is 18.9 Å². The van der Waals surface area contributed by atoms with Crippen LogP contribution in [0.2, 0.25) is 0 Å². The van der Waals surface area contributed by atoms with Crippen molar-refractivity contribution >= 4 is 5.69 Å². The lowest BCUT2D eigenvalue weighted by atomic mass is 9.89. The number of anilines is 1. The van der Waals surface area contributed by atoms with Gasteiger partial charge in [0.2, 0.25) is 0 Å². The molecule has 0 radical (unpaired) electrons. The van der Waals surface area contributed by atoms with Crippen molar-refractivity contribution in [3.8, 4) is 5.75 Å². The predicted molar refractivity (Wildman–Crippen MR) is 110 cm³/mol. The summed E-state index contributed by atoms with van der Waals surface area (Å²) in [4.78, 5) is 2.05. The van der Waals surface area contributed by atoms with Gasteiger partial charge in [-0.25, -0.2) is 0 Å². The monoisotopic (exact) mass is 420 g/mol. The number of ether oxygens (including phenoxy) is 2. The standard InChI is InChI=1S/C23H27F3N2O2/c1-22(23(24,25)26)17-13-19(20(29-3)12-16(17)14-30-22)28(2)18-10-7-11-27-21(18)15-8-5-4-6-9-15/h4-6,8-9,12-13,18,21,27H,7,10-11,14H2,1-3H3/t18-,21-,22?/m0/s1. The number of rotatable bonds is 4. The molecular weight excluding hydrogens is 393 g/mol. The van der Waals surface area contributed by atoms with Gasteiger partial charge in [0.15, 0.2) is 5.60 Å². The van der Waals surface area contributed by atoms with Gasteiger partial charge >= 0.3 is 6.18 Å². The Labute approximate surface area is 175 Å². The highest BCUT2D eigenvalue weighted by Gasteiger charge is 2.57. The molecule has 2 aliphatic rings. The molecule has 3 atom stereocenters. The number of nitrogens with zero attached hydrogens (tertiary/aromatic N) is 1. The number of alkyl halides is 3. The molecule has 7 heteroatoms. The summed E-state index contributed by atoms with van der Waals surface area (Å²) in [5, 5.41) is 3.58. The summed E-state index contributed by atoms with van der Waals surface area (Å²) in [6, 6.07) is 13.6. The molecule has 1 N–H and O–H groups in total. The molecular formula is C23H27F3N2O2. The summed E-state index contributed by atoms with van der Waals surface area (Å²) in [7, 11) is 3.48. The largest absolute Gasteiger partial charge is 0.495 e. The highest BCUT2D eigenvalue weighted by molar-refractivity contribution is 5.64. The van der Waals surface area contributed by atoms with Crippen LogP contribution >= 0.6 is 0 Å². The Hall–Kier alpha value is -2.25. The average molecular weight is 420 g/mol. The Morgan fingerprint density at radius 1 is 1.20 bits per heavy atom. The Balaban J connectivity index is 1.75. The van der Waals surface area contributed by atoms with Gasteiger partial charge in [0.05, 0.1) is 25.4 Å². The minimum Gasteiger partial charge on any atom is -0.495 e. The van der Waals surface area contributed by atoms with E-state index >= 15 is 0 Å². The lowest BCUT2D eigenvalue weighted by Gasteiger charge is -2.41. The van der Waals surface area contributed by atoms with Crippen molar-refractivity contribution in [1.29, 1.82) is 0 Å². The molecule has 4 nitrogen and oxygen atoms in total. The number of halogens is 3. The number of hydrogen-bond donors (Lipinski definition) is 1. The molecule has 2 aromatic carbocycles. The molecule has 30 heavy (non-hydrogen) atoms. The topological polar surface area (TPSA) is 33.7 Å². The molecule has 2 aromatic rings. The third-order valence-electron chi connectivity index (χ3n) is 6.44. The first-order valence-corrected chi connectivity index (χ1v) is 10.2. The smallest absolute Gasteiger partial charge is 0.421 e. The van der Waals surface area contributed by atoms with Gasteiger partial charge in [0.25, 0.3) is 0 Å². The second-order valence-corrected chi connectivity index (χ2v) is 8.16. The zero-order valence-electron chi connectivity index (χ0n) is 17.4. The third-order valence-corrected chi connectivity index (χ3v) is 6.44. The molecule has 0 saturated carbocycles. The van der Waals surface area contributed by atoms with E-state index in [1.165, 1.54) is 0 Å². The van der Waals surface area contributed by atoms with Crippen LogP contribution in [-0.2, 0) is 16.9 Å². The van der Waals surface area contributed by atoms with E-state index in [2.05, 4.69) is 22.3 Å². The van der Waals surface area contributed by atoms with E-state index in [-0.39, 0.29) is 24.3 Å². The SMILES string of the molecule is COc1cc2c(cc1N(C)[C@H]1CCCN[C@H]1c1ccccc1)C(C)(C(F)(F)F)OC2. The number of piperidine rings is 1. The van der Waals surface area contributed by atoms with Crippen molar-refractivity contribution in [3.05, 3.63) is 59.2 Å². The summed E-state index contributed by atoms with van der Waals surface area (Å²) in [5.74, 6) is 0.559. The molecule has 1 fully saturated rings. The van der Waals surface area contributed by atoms with E-state index in [1.54, 1.807) is 19.2 Å². The highest BCUT2D eigenvalue weighted by atomic mass is 19.4. The minimum absolute atomic E-state index is 0.0764. The van der Waals surface area contributed by atoms with Crippen molar-refractivity contribution in [2.45, 2.75) is 50.2 Å². The highest BCUT2D eigenvalue weighted by Crippen LogP contribution is 2.50. The summed E-state index contributed by atoms with van der Waals surface area (Å²) < 4.78 is 52.2. The van der Waals surface area contributed by atoms with Crippen LogP contribution in [0.15, 0.2) is 42.5 Å². The van der Waals surface area contributed by atoms with E-state index in [0.717, 1.165) is 31.9 Å². The number of hydrogen-bond acceptors (Lipinski definition) is 4. The third kappa shape index (κ3) is 3.44. The summed E-state index contributed by atoms with van der Waals surface area (Å²) in [6.45, 7) is 1.93. The molecule has 0 amide bonds. The first-order valence-electron chi connectivity index (χ1n) is 10.2. The average Bonchev–Trinajstić information content (AvgIpc) is 3.10. The summed E-state index contributed by atoms with van der Waals surface area (Å²) >= 11 is 0. The van der Waals surface area contributed by atoms with Gasteiger partial charge in [-0.05, 0) is 49.6 Å². The molecule has 0 aromatic heterocycles. The van der Waals surface area contributed by atoms with Crippen LogP contribution in [0.25, 0.3) is 0 Å². The van der Waals surface area contributed by atoms with E-state index in [9.17, 15) is 13.2 Å². The van der Waals surface area contributed by atoms with E-state index in [4.69, 9.17) is 9.47 Å². The Morgan fingerprint density at radius 2 is 1.93 bits per heavy atom. The molecule has 4 rings (SSSR count). The number of nitrogens with one attached hydrogen (secondary N) is 1. The molecule has 0 bridgehead atoms. The van der Waals surface area contributed by atoms with Crippen molar-refractivity contribution < 1.29 is 22.6 Å². The first kappa shape index (κ1) is 21.0. The van der Waals surface area contributed by atoms with E-state index in [0.29, 0.717) is 17.0 Å². The lowest BCUT2D eigenvalue weighted by molar-refractivity contribution is -0.272. The molecule has 162 valence electrons. The Kier molecular flexibility index (Phi) is 5.45. The Morgan fingerprint density at radius 3 is 2.60 bits per heavy atom. The minimum atomic E-state index is -4.50. The summed E-state index contributed by atoms with van der Waals surface area (Å²) in [6.07, 6.45) is -2.58. The van der Waals surface area contributed by atoms with Crippen LogP contribution in [0.3, 0.4) is 0 Å². The zero-order chi connectivity index (χ0) is 21.5. The van der Waals surface area contributed by atoms with Crippen LogP contribution < -0.4 is 15.0 Å². The second-order valence-electron chi connectivity index (χ2n) is 8.16. The van der Waals surface area contributed by atoms with Gasteiger partial charge in [-0.15, -0.1) is 0 Å². The summed E-state index contributed by atoms with van der Waals surface area (Å²) in [5.41, 5.74) is 0.181. The van der Waals surface area contributed by atoms with Gasteiger partial charge in [-0.3, -0.25) is 0 Å². The van der Waals surface area contributed by atoms with Crippen molar-refractivity contribution in [1.82, 2.24) is 5.32 Å². The van der Waals surface area contributed by atoms with Crippen LogP contribution in [0.5, 0.6) is 5.75 Å². The molecule has 2 heterocycles. The van der Waals surface area contributed by atoms with Crippen molar-refractivity contribution in [2.24, 2.45) is 0 Å². The second kappa shape index (κ2) is 7.78. The number of likely N-dealkylation sites (N-methyl/N-ethyl adjacent to an activating group) is 1. The molecule has 1 saturated heterocycles. The lowest BCUT2D eigenvalue weighted by Crippen LogP contribution is -2.47. The van der Waals surface area contributed by atoms with Crippen LogP contribution in [-0.4, -0.2) is 32.9 Å². The van der Waals surface area contributed by atoms with Gasteiger partial charge in [0, 0.05) is 18.7 Å². The van der Waals surface area contributed by atoms with Gasteiger partial charge in [0.1, 0.15) is 5.75 Å². The molecule has 1 unspecified atom stereocenters. The van der Waals surface area contributed by atoms with Crippen molar-refractivity contribution in [2.75, 3.05) is 25.6 Å². The van der Waals surface area contributed by atoms with E-state index < -0.39 is 11.8 Å². The van der Waals surface area contributed by atoms with Gasteiger partial charge < -0.3 is 19.7 Å². The van der Waals surface area contributed by atoms with E-state index in [1.807, 2.05) is 25.2 Å². The van der Waals surface area contributed by atoms with Crippen LogP contribution in [0, 0.1) is 0 Å². The maximum Gasteiger partial charge on any atom is 0.421 e. The number of fused-ring (bicyclic) bond motifs is 1. The molecule has 2 aliphatic heterocycles. The van der Waals surface area contributed by atoms with Crippen LogP contribution in [0.1, 0.15) is 42.5 Å². The van der Waals surface area contributed by atoms with Gasteiger partial charge in [-0.1, -0.05) is 30.3 Å². The van der Waals surface area contributed by atoms with Gasteiger partial charge in [-0.2, -0.15) is 13.2 Å². The fraction of sp³-hybridized carbons (Fsp3) is 0.478. The number of benzene rings is 2.